The summed E-state index contributed by atoms with van der Waals surface area (Å²) in [5.41, 5.74) is 0.319. The second-order valence-electron chi connectivity index (χ2n) is 10.2. The maximum Gasteiger partial charge on any atom is 0.336 e. The van der Waals surface area contributed by atoms with Gasteiger partial charge in [0, 0.05) is 12.1 Å². The van der Waals surface area contributed by atoms with Crippen molar-refractivity contribution in [1.82, 2.24) is 4.90 Å². The first-order valence-electron chi connectivity index (χ1n) is 13.3. The van der Waals surface area contributed by atoms with Gasteiger partial charge in [-0.25, -0.2) is 9.59 Å². The van der Waals surface area contributed by atoms with Gasteiger partial charge >= 0.3 is 11.9 Å². The van der Waals surface area contributed by atoms with Crippen LogP contribution in [-0.2, 0) is 0 Å². The van der Waals surface area contributed by atoms with Crippen LogP contribution in [0.3, 0.4) is 0 Å². The lowest BCUT2D eigenvalue weighted by Gasteiger charge is -2.40. The van der Waals surface area contributed by atoms with E-state index in [9.17, 15) is 24.6 Å². The minimum absolute atomic E-state index is 0.00716. The first kappa shape index (κ1) is 25.2. The molecule has 0 radical (unpaired) electrons. The summed E-state index contributed by atoms with van der Waals surface area (Å²) in [6.07, 6.45) is 15.4. The molecule has 2 aromatic carbocycles. The first-order valence-corrected chi connectivity index (χ1v) is 13.3. The SMILES string of the molecule is O=C(O)c1ccc2c(C(=O)N(C3CCCCCCC3)C3CCCCCCC3)c(C(=O)O)ccc2c1. The molecule has 0 saturated heterocycles. The van der Waals surface area contributed by atoms with Gasteiger partial charge in [0.25, 0.3) is 5.91 Å². The molecule has 2 N–H and O–H groups in total. The summed E-state index contributed by atoms with van der Waals surface area (Å²) in [7, 11) is 0. The molecule has 0 heterocycles. The van der Waals surface area contributed by atoms with Crippen molar-refractivity contribution in [3.8, 4) is 0 Å². The molecule has 0 bridgehead atoms. The molecule has 0 spiro atoms. The van der Waals surface area contributed by atoms with Crippen LogP contribution >= 0.6 is 0 Å². The van der Waals surface area contributed by atoms with Crippen LogP contribution in [0.2, 0.25) is 0 Å². The number of carboxylic acid groups (broad SMARTS) is 2. The van der Waals surface area contributed by atoms with Crippen molar-refractivity contribution >= 4 is 28.6 Å². The van der Waals surface area contributed by atoms with Crippen LogP contribution in [0.5, 0.6) is 0 Å². The molecule has 2 aliphatic rings. The van der Waals surface area contributed by atoms with Gasteiger partial charge in [-0.1, -0.05) is 76.3 Å². The summed E-state index contributed by atoms with van der Waals surface area (Å²) in [6, 6.07) is 7.88. The van der Waals surface area contributed by atoms with E-state index in [1.807, 2.05) is 0 Å². The third kappa shape index (κ3) is 5.85. The molecule has 6 heteroatoms. The Morgan fingerprint density at radius 1 is 0.657 bits per heavy atom. The largest absolute Gasteiger partial charge is 0.478 e. The van der Waals surface area contributed by atoms with Crippen molar-refractivity contribution < 1.29 is 24.6 Å². The molecule has 2 fully saturated rings. The van der Waals surface area contributed by atoms with Crippen LogP contribution in [0.25, 0.3) is 10.8 Å². The van der Waals surface area contributed by atoms with E-state index in [1.54, 1.807) is 12.1 Å². The zero-order valence-corrected chi connectivity index (χ0v) is 20.5. The van der Waals surface area contributed by atoms with E-state index < -0.39 is 11.9 Å². The summed E-state index contributed by atoms with van der Waals surface area (Å²) in [4.78, 5) is 40.3. The van der Waals surface area contributed by atoms with E-state index in [0.29, 0.717) is 10.8 Å². The summed E-state index contributed by atoms with van der Waals surface area (Å²) in [5, 5.41) is 20.5. The number of fused-ring (bicyclic) bond motifs is 1. The fourth-order valence-corrected chi connectivity index (χ4v) is 6.06. The quantitative estimate of drug-likeness (QED) is 0.486. The smallest absolute Gasteiger partial charge is 0.336 e. The van der Waals surface area contributed by atoms with Crippen LogP contribution in [0.15, 0.2) is 30.3 Å². The molecule has 188 valence electrons. The van der Waals surface area contributed by atoms with Crippen molar-refractivity contribution in [3.05, 3.63) is 47.0 Å². The Morgan fingerprint density at radius 2 is 1.17 bits per heavy atom. The third-order valence-corrected chi connectivity index (χ3v) is 7.88. The van der Waals surface area contributed by atoms with Gasteiger partial charge in [0.05, 0.1) is 16.7 Å². The highest BCUT2D eigenvalue weighted by Gasteiger charge is 2.34. The Bertz CT molecular complexity index is 1040. The number of hydrogen-bond acceptors (Lipinski definition) is 3. The monoisotopic (exact) mass is 479 g/mol. The van der Waals surface area contributed by atoms with Crippen LogP contribution in [0.4, 0.5) is 0 Å². The van der Waals surface area contributed by atoms with Gasteiger partial charge in [0.15, 0.2) is 0 Å². The summed E-state index contributed by atoms with van der Waals surface area (Å²) < 4.78 is 0. The molecule has 0 unspecified atom stereocenters. The standard InChI is InChI=1S/C29H37NO5/c31-27(26-24-17-16-21(28(32)33)19-20(24)15-18-25(26)29(34)35)30(22-11-7-3-1-4-8-12-22)23-13-9-5-2-6-10-14-23/h15-19,22-23H,1-14H2,(H,32,33)(H,34,35). The Balaban J connectivity index is 1.82. The lowest BCUT2D eigenvalue weighted by atomic mass is 9.88. The lowest BCUT2D eigenvalue weighted by Crippen LogP contribution is -2.48. The highest BCUT2D eigenvalue weighted by molar-refractivity contribution is 6.15. The minimum atomic E-state index is -1.13. The molecular formula is C29H37NO5. The summed E-state index contributed by atoms with van der Waals surface area (Å²) in [5.74, 6) is -2.38. The first-order chi connectivity index (χ1) is 17.0. The fraction of sp³-hybridized carbons (Fsp3) is 0.552. The Kier molecular flexibility index (Phi) is 8.42. The molecule has 0 atom stereocenters. The Labute approximate surface area is 207 Å². The van der Waals surface area contributed by atoms with Gasteiger partial charge in [0.2, 0.25) is 0 Å². The minimum Gasteiger partial charge on any atom is -0.478 e. The average Bonchev–Trinajstić information content (AvgIpc) is 2.79. The summed E-state index contributed by atoms with van der Waals surface area (Å²) >= 11 is 0. The maximum atomic E-state index is 14.4. The van der Waals surface area contributed by atoms with E-state index in [4.69, 9.17) is 0 Å². The molecule has 4 rings (SSSR count). The molecule has 35 heavy (non-hydrogen) atoms. The van der Waals surface area contributed by atoms with Crippen LogP contribution in [0.1, 0.15) is 121 Å². The fourth-order valence-electron chi connectivity index (χ4n) is 6.06. The number of benzene rings is 2. The highest BCUT2D eigenvalue weighted by atomic mass is 16.4. The van der Waals surface area contributed by atoms with Crippen molar-refractivity contribution in [2.75, 3.05) is 0 Å². The molecule has 0 aliphatic heterocycles. The predicted molar refractivity (Wildman–Crippen MR) is 136 cm³/mol. The zero-order valence-electron chi connectivity index (χ0n) is 20.5. The van der Waals surface area contributed by atoms with Crippen LogP contribution < -0.4 is 0 Å². The molecule has 2 aliphatic carbocycles. The number of carbonyl (C=O) groups excluding carboxylic acids is 1. The highest BCUT2D eigenvalue weighted by Crippen LogP contribution is 2.33. The lowest BCUT2D eigenvalue weighted by molar-refractivity contribution is 0.0478. The number of nitrogens with zero attached hydrogens (tertiary/aromatic N) is 1. The van der Waals surface area contributed by atoms with Crippen molar-refractivity contribution in [2.45, 2.75) is 102 Å². The number of carboxylic acids is 2. The predicted octanol–water partition coefficient (Wildman–Crippen LogP) is 6.90. The number of aromatic carboxylic acids is 2. The molecule has 2 saturated carbocycles. The van der Waals surface area contributed by atoms with Crippen LogP contribution in [0, 0.1) is 0 Å². The van der Waals surface area contributed by atoms with Crippen molar-refractivity contribution in [3.63, 3.8) is 0 Å². The van der Waals surface area contributed by atoms with E-state index >= 15 is 0 Å². The average molecular weight is 480 g/mol. The summed E-state index contributed by atoms with van der Waals surface area (Å²) in [6.45, 7) is 0. The molecule has 6 nitrogen and oxygen atoms in total. The van der Waals surface area contributed by atoms with Gasteiger partial charge in [-0.05, 0) is 54.7 Å². The topological polar surface area (TPSA) is 94.9 Å². The number of amides is 1. The van der Waals surface area contributed by atoms with Crippen LogP contribution in [-0.4, -0.2) is 45.0 Å². The number of hydrogen-bond donors (Lipinski definition) is 2. The van der Waals surface area contributed by atoms with Gasteiger partial charge in [-0.15, -0.1) is 0 Å². The van der Waals surface area contributed by atoms with Gasteiger partial charge in [0.1, 0.15) is 0 Å². The Morgan fingerprint density at radius 3 is 1.66 bits per heavy atom. The zero-order chi connectivity index (χ0) is 24.8. The third-order valence-electron chi connectivity index (χ3n) is 7.88. The second kappa shape index (κ2) is 11.7. The van der Waals surface area contributed by atoms with Crippen molar-refractivity contribution in [2.24, 2.45) is 0 Å². The number of carbonyl (C=O) groups is 3. The van der Waals surface area contributed by atoms with E-state index in [-0.39, 0.29) is 34.7 Å². The normalized spacial score (nSPS) is 18.7. The van der Waals surface area contributed by atoms with Gasteiger partial charge < -0.3 is 15.1 Å². The number of rotatable bonds is 5. The molecular weight excluding hydrogens is 442 g/mol. The maximum absolute atomic E-state index is 14.4. The van der Waals surface area contributed by atoms with E-state index in [2.05, 4.69) is 4.90 Å². The van der Waals surface area contributed by atoms with E-state index in [1.165, 1.54) is 56.7 Å². The van der Waals surface area contributed by atoms with Crippen molar-refractivity contribution in [1.29, 1.82) is 0 Å². The van der Waals surface area contributed by atoms with E-state index in [0.717, 1.165) is 51.4 Å². The van der Waals surface area contributed by atoms with Gasteiger partial charge in [-0.2, -0.15) is 0 Å². The van der Waals surface area contributed by atoms with Gasteiger partial charge in [-0.3, -0.25) is 4.79 Å². The molecule has 2 aromatic rings. The molecule has 0 aromatic heterocycles. The molecule has 1 amide bonds. The Hall–Kier alpha value is -2.89. The second-order valence-corrected chi connectivity index (χ2v) is 10.2.